The Morgan fingerprint density at radius 1 is 1.19 bits per heavy atom. The highest BCUT2D eigenvalue weighted by Crippen LogP contribution is 2.25. The van der Waals surface area contributed by atoms with Crippen LogP contribution in [-0.2, 0) is 13.1 Å². The Labute approximate surface area is 204 Å². The quantitative estimate of drug-likeness (QED) is 0.272. The molecular formula is C22H30F2IN5O2. The molecule has 3 rings (SSSR count). The van der Waals surface area contributed by atoms with Crippen LogP contribution in [0.3, 0.4) is 0 Å². The number of nitrogens with zero attached hydrogens (tertiary/aromatic N) is 3. The molecule has 176 valence electrons. The van der Waals surface area contributed by atoms with E-state index in [1.54, 1.807) is 12.1 Å². The summed E-state index contributed by atoms with van der Waals surface area (Å²) in [6.07, 6.45) is 4.27. The fourth-order valence-corrected chi connectivity index (χ4v) is 3.37. The average molecular weight is 561 g/mol. The Bertz CT molecular complexity index is 862. The molecule has 2 aromatic rings. The zero-order valence-corrected chi connectivity index (χ0v) is 20.6. The number of aromatic nitrogens is 1. The van der Waals surface area contributed by atoms with E-state index in [0.29, 0.717) is 30.4 Å². The molecule has 1 fully saturated rings. The lowest BCUT2D eigenvalue weighted by atomic mass is 10.2. The Balaban J connectivity index is 0.00000363. The predicted octanol–water partition coefficient (Wildman–Crippen LogP) is 4.17. The first-order valence-electron chi connectivity index (χ1n) is 10.4. The number of halogens is 3. The summed E-state index contributed by atoms with van der Waals surface area (Å²) in [5.74, 6) is 2.22. The zero-order valence-electron chi connectivity index (χ0n) is 18.3. The van der Waals surface area contributed by atoms with Crippen molar-refractivity contribution >= 4 is 35.8 Å². The first-order valence-corrected chi connectivity index (χ1v) is 10.4. The number of benzene rings is 1. The van der Waals surface area contributed by atoms with Crippen LogP contribution in [0.15, 0.2) is 41.5 Å². The summed E-state index contributed by atoms with van der Waals surface area (Å²) in [5.41, 5.74) is 1.53. The van der Waals surface area contributed by atoms with Gasteiger partial charge in [-0.2, -0.15) is 8.78 Å². The normalized spacial score (nSPS) is 13.7. The van der Waals surface area contributed by atoms with E-state index < -0.39 is 6.61 Å². The van der Waals surface area contributed by atoms with Crippen molar-refractivity contribution < 1.29 is 18.3 Å². The van der Waals surface area contributed by atoms with Gasteiger partial charge in [0.2, 0.25) is 0 Å². The van der Waals surface area contributed by atoms with Gasteiger partial charge in [-0.25, -0.2) is 9.98 Å². The van der Waals surface area contributed by atoms with Crippen LogP contribution in [0.1, 0.15) is 30.9 Å². The highest BCUT2D eigenvalue weighted by atomic mass is 127. The molecule has 1 aliphatic rings. The van der Waals surface area contributed by atoms with Crippen molar-refractivity contribution in [1.29, 1.82) is 0 Å². The molecule has 32 heavy (non-hydrogen) atoms. The van der Waals surface area contributed by atoms with Crippen LogP contribution >= 0.6 is 24.0 Å². The van der Waals surface area contributed by atoms with Crippen molar-refractivity contribution in [2.24, 2.45) is 4.99 Å². The predicted molar refractivity (Wildman–Crippen MR) is 132 cm³/mol. The van der Waals surface area contributed by atoms with E-state index >= 15 is 0 Å². The highest BCUT2D eigenvalue weighted by Gasteiger charge is 2.13. The smallest absolute Gasteiger partial charge is 0.387 e. The molecule has 1 aliphatic heterocycles. The van der Waals surface area contributed by atoms with Crippen LogP contribution in [0, 0.1) is 0 Å². The van der Waals surface area contributed by atoms with Gasteiger partial charge in [0.1, 0.15) is 17.3 Å². The lowest BCUT2D eigenvalue weighted by Gasteiger charge is -2.16. The van der Waals surface area contributed by atoms with Gasteiger partial charge in [0.15, 0.2) is 5.96 Å². The summed E-state index contributed by atoms with van der Waals surface area (Å²) in [6, 6.07) is 8.78. The van der Waals surface area contributed by atoms with Gasteiger partial charge in [0.25, 0.3) is 0 Å². The van der Waals surface area contributed by atoms with E-state index in [2.05, 4.69) is 30.2 Å². The third-order valence-corrected chi connectivity index (χ3v) is 4.93. The number of ether oxygens (including phenoxy) is 2. The third kappa shape index (κ3) is 7.64. The molecule has 10 heteroatoms. The van der Waals surface area contributed by atoms with Gasteiger partial charge < -0.3 is 25.0 Å². The van der Waals surface area contributed by atoms with Crippen LogP contribution in [0.2, 0.25) is 0 Å². The molecule has 2 heterocycles. The second kappa shape index (κ2) is 13.2. The number of guanidine groups is 1. The molecule has 0 atom stereocenters. The zero-order chi connectivity index (χ0) is 22.1. The number of anilines is 1. The fraction of sp³-hybridized carbons (Fsp3) is 0.455. The summed E-state index contributed by atoms with van der Waals surface area (Å²) in [4.78, 5) is 11.4. The van der Waals surface area contributed by atoms with Crippen LogP contribution < -0.4 is 25.0 Å². The van der Waals surface area contributed by atoms with Crippen molar-refractivity contribution in [3.05, 3.63) is 47.7 Å². The number of alkyl halides is 2. The molecule has 0 saturated carbocycles. The van der Waals surface area contributed by atoms with E-state index in [9.17, 15) is 8.78 Å². The maximum atomic E-state index is 12.7. The van der Waals surface area contributed by atoms with Gasteiger partial charge in [-0.05, 0) is 49.6 Å². The molecule has 0 unspecified atom stereocenters. The molecular weight excluding hydrogens is 531 g/mol. The number of rotatable bonds is 9. The minimum atomic E-state index is -2.90. The third-order valence-electron chi connectivity index (χ3n) is 4.93. The monoisotopic (exact) mass is 561 g/mol. The molecule has 1 aromatic carbocycles. The largest absolute Gasteiger partial charge is 0.497 e. The highest BCUT2D eigenvalue weighted by molar-refractivity contribution is 14.0. The lowest BCUT2D eigenvalue weighted by Crippen LogP contribution is -2.36. The van der Waals surface area contributed by atoms with E-state index in [0.717, 1.165) is 24.5 Å². The number of pyridine rings is 1. The van der Waals surface area contributed by atoms with Crippen molar-refractivity contribution in [2.45, 2.75) is 39.5 Å². The first kappa shape index (κ1) is 25.9. The Morgan fingerprint density at radius 3 is 2.59 bits per heavy atom. The van der Waals surface area contributed by atoms with E-state index in [-0.39, 0.29) is 36.3 Å². The second-order valence-corrected chi connectivity index (χ2v) is 7.12. The number of nitrogens with one attached hydrogen (secondary N) is 2. The topological polar surface area (TPSA) is 71.0 Å². The lowest BCUT2D eigenvalue weighted by molar-refractivity contribution is -0.0504. The van der Waals surface area contributed by atoms with Crippen LogP contribution in [0.4, 0.5) is 14.6 Å². The molecule has 2 N–H and O–H groups in total. The Kier molecular flexibility index (Phi) is 10.7. The minimum Gasteiger partial charge on any atom is -0.497 e. The SMILES string of the molecule is CCNC(=NCc1ccc(N2CCCC2)nc1)NCc1cc(OC)ccc1OC(F)F.I. The number of aliphatic imine (C=N–C) groups is 1. The molecule has 1 aromatic heterocycles. The van der Waals surface area contributed by atoms with Crippen LogP contribution in [0.25, 0.3) is 0 Å². The molecule has 7 nitrogen and oxygen atoms in total. The first-order chi connectivity index (χ1) is 15.1. The number of methoxy groups -OCH3 is 1. The summed E-state index contributed by atoms with van der Waals surface area (Å²) < 4.78 is 35.3. The number of hydrogen-bond donors (Lipinski definition) is 2. The maximum Gasteiger partial charge on any atom is 0.387 e. The maximum absolute atomic E-state index is 12.7. The van der Waals surface area contributed by atoms with Crippen molar-refractivity contribution in [1.82, 2.24) is 15.6 Å². The van der Waals surface area contributed by atoms with E-state index in [4.69, 9.17) is 4.74 Å². The standard InChI is InChI=1S/C22H29F2N5O2.HI/c1-3-25-22(27-14-16-6-9-20(26-13-16)29-10-4-5-11-29)28-15-17-12-18(30-2)7-8-19(17)31-21(23)24;/h6-9,12-13,21H,3-5,10-11,14-15H2,1-2H3,(H2,25,27,28);1H. The van der Waals surface area contributed by atoms with Gasteiger partial charge in [0.05, 0.1) is 13.7 Å². The summed E-state index contributed by atoms with van der Waals surface area (Å²) >= 11 is 0. The fourth-order valence-electron chi connectivity index (χ4n) is 3.37. The molecule has 1 saturated heterocycles. The molecule has 0 aliphatic carbocycles. The molecule has 0 bridgehead atoms. The van der Waals surface area contributed by atoms with Crippen molar-refractivity contribution in [2.75, 3.05) is 31.6 Å². The van der Waals surface area contributed by atoms with Gasteiger partial charge in [-0.3, -0.25) is 0 Å². The molecule has 0 radical (unpaired) electrons. The van der Waals surface area contributed by atoms with E-state index in [1.807, 2.05) is 25.3 Å². The number of hydrogen-bond acceptors (Lipinski definition) is 5. The Hall–Kier alpha value is -2.37. The average Bonchev–Trinajstić information content (AvgIpc) is 3.31. The van der Waals surface area contributed by atoms with Gasteiger partial charge in [0, 0.05) is 37.9 Å². The molecule has 0 amide bonds. The van der Waals surface area contributed by atoms with Crippen LogP contribution in [0.5, 0.6) is 11.5 Å². The molecule has 0 spiro atoms. The van der Waals surface area contributed by atoms with Gasteiger partial charge in [-0.1, -0.05) is 6.07 Å². The minimum absolute atomic E-state index is 0. The van der Waals surface area contributed by atoms with Crippen molar-refractivity contribution in [3.8, 4) is 11.5 Å². The van der Waals surface area contributed by atoms with Gasteiger partial charge in [-0.15, -0.1) is 24.0 Å². The second-order valence-electron chi connectivity index (χ2n) is 7.12. The van der Waals surface area contributed by atoms with Crippen molar-refractivity contribution in [3.63, 3.8) is 0 Å². The van der Waals surface area contributed by atoms with Gasteiger partial charge >= 0.3 is 6.61 Å². The Morgan fingerprint density at radius 2 is 1.97 bits per heavy atom. The van der Waals surface area contributed by atoms with E-state index in [1.165, 1.54) is 26.0 Å². The summed E-state index contributed by atoms with van der Waals surface area (Å²) in [7, 11) is 1.52. The summed E-state index contributed by atoms with van der Waals surface area (Å²) in [5, 5.41) is 6.32. The summed E-state index contributed by atoms with van der Waals surface area (Å²) in [6.45, 7) is 2.53. The van der Waals surface area contributed by atoms with Crippen LogP contribution in [-0.4, -0.2) is 44.3 Å².